The van der Waals surface area contributed by atoms with Crippen LogP contribution in [-0.4, -0.2) is 65.1 Å². The lowest BCUT2D eigenvalue weighted by molar-refractivity contribution is 0.306. The first-order valence-corrected chi connectivity index (χ1v) is 19.1. The number of benzene rings is 2. The number of hydrogen-bond acceptors (Lipinski definition) is 6. The van der Waals surface area contributed by atoms with Crippen molar-refractivity contribution in [3.63, 3.8) is 0 Å². The highest BCUT2D eigenvalue weighted by Gasteiger charge is 2.29. The minimum absolute atomic E-state index is 0.0317. The molecular formula is C43H64N4O2. The molecular weight excluding hydrogens is 604 g/mol. The summed E-state index contributed by atoms with van der Waals surface area (Å²) in [5, 5.41) is 22.9. The molecule has 0 radical (unpaired) electrons. The largest absolute Gasteiger partial charge is 0.507 e. The Morgan fingerprint density at radius 2 is 1.29 bits per heavy atom. The Labute approximate surface area is 297 Å². The van der Waals surface area contributed by atoms with Gasteiger partial charge in [0.05, 0.1) is 12.1 Å². The van der Waals surface area contributed by atoms with Crippen LogP contribution in [0, 0.1) is 5.92 Å². The molecule has 2 fully saturated rings. The molecule has 268 valence electrons. The monoisotopic (exact) mass is 669 g/mol. The number of aliphatic imine (C=N–C) groups is 3. The van der Waals surface area contributed by atoms with Gasteiger partial charge in [0.2, 0.25) is 0 Å². The molecule has 0 aromatic heterocycles. The van der Waals surface area contributed by atoms with Crippen molar-refractivity contribution in [2.45, 2.75) is 155 Å². The van der Waals surface area contributed by atoms with Crippen LogP contribution in [-0.2, 0) is 22.7 Å². The smallest absolute Gasteiger partial charge is 0.128 e. The zero-order valence-electron chi connectivity index (χ0n) is 32.1. The van der Waals surface area contributed by atoms with Crippen molar-refractivity contribution in [3.8, 4) is 11.5 Å². The number of amidine groups is 1. The predicted octanol–water partition coefficient (Wildman–Crippen LogP) is 9.68. The third-order valence-corrected chi connectivity index (χ3v) is 10.9. The summed E-state index contributed by atoms with van der Waals surface area (Å²) >= 11 is 0. The second-order valence-electron chi connectivity index (χ2n) is 18.1. The van der Waals surface area contributed by atoms with Gasteiger partial charge >= 0.3 is 0 Å². The second kappa shape index (κ2) is 15.0. The van der Waals surface area contributed by atoms with Crippen molar-refractivity contribution >= 4 is 18.3 Å². The normalized spacial score (nSPS) is 22.5. The predicted molar refractivity (Wildman–Crippen MR) is 208 cm³/mol. The average Bonchev–Trinajstić information content (AvgIpc) is 3.03. The van der Waals surface area contributed by atoms with Crippen LogP contribution in [0.15, 0.2) is 39.2 Å². The molecule has 0 amide bonds. The number of aromatic hydroxyl groups is 2. The Morgan fingerprint density at radius 3 is 1.88 bits per heavy atom. The minimum atomic E-state index is -0.186. The van der Waals surface area contributed by atoms with Crippen LogP contribution in [0.5, 0.6) is 11.5 Å². The van der Waals surface area contributed by atoms with Crippen molar-refractivity contribution in [1.29, 1.82) is 0 Å². The number of phenols is 2. The summed E-state index contributed by atoms with van der Waals surface area (Å²) in [4.78, 5) is 17.7. The first-order chi connectivity index (χ1) is 23.0. The molecule has 1 aliphatic carbocycles. The quantitative estimate of drug-likeness (QED) is 0.275. The van der Waals surface area contributed by atoms with E-state index in [-0.39, 0.29) is 28.3 Å². The highest BCUT2D eigenvalue weighted by molar-refractivity contribution is 5.87. The Kier molecular flexibility index (Phi) is 11.4. The molecule has 2 aromatic carbocycles. The number of fused-ring (bicyclic) bond motifs is 1. The van der Waals surface area contributed by atoms with Crippen LogP contribution in [0.1, 0.15) is 153 Å². The third kappa shape index (κ3) is 9.15. The third-order valence-electron chi connectivity index (χ3n) is 10.9. The van der Waals surface area contributed by atoms with Crippen LogP contribution in [0.25, 0.3) is 0 Å². The van der Waals surface area contributed by atoms with E-state index in [1.54, 1.807) is 0 Å². The van der Waals surface area contributed by atoms with Gasteiger partial charge in [-0.3, -0.25) is 15.0 Å². The van der Waals surface area contributed by atoms with E-state index in [0.29, 0.717) is 17.4 Å². The van der Waals surface area contributed by atoms with Gasteiger partial charge in [-0.1, -0.05) is 87.3 Å². The van der Waals surface area contributed by atoms with E-state index in [9.17, 15) is 10.2 Å². The lowest BCUT2D eigenvalue weighted by Gasteiger charge is -2.38. The van der Waals surface area contributed by atoms with Crippen LogP contribution in [0.3, 0.4) is 0 Å². The van der Waals surface area contributed by atoms with Crippen LogP contribution in [0.2, 0.25) is 0 Å². The van der Waals surface area contributed by atoms with Gasteiger partial charge in [0.15, 0.2) is 0 Å². The van der Waals surface area contributed by atoms with Gasteiger partial charge in [-0.05, 0) is 96.4 Å². The fourth-order valence-corrected chi connectivity index (χ4v) is 7.74. The molecule has 1 saturated carbocycles. The number of phenolic OH excluding ortho intramolecular Hbond substituents is 2. The Morgan fingerprint density at radius 1 is 0.714 bits per heavy atom. The lowest BCUT2D eigenvalue weighted by Crippen LogP contribution is -2.43. The van der Waals surface area contributed by atoms with Gasteiger partial charge in [-0.15, -0.1) is 0 Å². The minimum Gasteiger partial charge on any atom is -0.507 e. The summed E-state index contributed by atoms with van der Waals surface area (Å²) in [5.74, 6) is 2.67. The molecule has 2 aliphatic heterocycles. The summed E-state index contributed by atoms with van der Waals surface area (Å²) in [5.41, 5.74) is 5.68. The molecule has 2 N–H and O–H groups in total. The number of piperidine rings is 1. The summed E-state index contributed by atoms with van der Waals surface area (Å²) in [7, 11) is 0. The molecule has 1 saturated heterocycles. The molecule has 5 rings (SSSR count). The summed E-state index contributed by atoms with van der Waals surface area (Å²) in [6.07, 6.45) is 14.8. The Balaban J connectivity index is 1.36. The molecule has 0 spiro atoms. The van der Waals surface area contributed by atoms with Crippen molar-refractivity contribution in [2.24, 2.45) is 20.9 Å². The van der Waals surface area contributed by atoms with Crippen LogP contribution in [0.4, 0.5) is 0 Å². The summed E-state index contributed by atoms with van der Waals surface area (Å²) in [6.45, 7) is 22.8. The standard InChI is InChI=1S/C43H64N4O2/c1-41(2,3)33-23-30(17-14-22-47-21-13-16-29-15-12-20-44-40(29)47)38(48)31(24-33)27-45-36-18-10-11-19-37(36)46-28-32-25-34(42(4,5)6)26-35(39(32)49)43(7,8)9/h23-29,36-37,48-49H,10-22H2,1-9H3/t29?,36-,37?/m1/s1. The molecule has 2 unspecified atom stereocenters. The van der Waals surface area contributed by atoms with Crippen molar-refractivity contribution in [2.75, 3.05) is 19.6 Å². The fraction of sp³-hybridized carbons (Fsp3) is 0.651. The first kappa shape index (κ1) is 37.1. The number of likely N-dealkylation sites (tertiary alicyclic amines) is 1. The molecule has 6 nitrogen and oxygen atoms in total. The topological polar surface area (TPSA) is 80.8 Å². The van der Waals surface area contributed by atoms with E-state index in [1.165, 1.54) is 42.6 Å². The van der Waals surface area contributed by atoms with Gasteiger partial charge < -0.3 is 15.1 Å². The highest BCUT2D eigenvalue weighted by atomic mass is 16.3. The van der Waals surface area contributed by atoms with Crippen LogP contribution >= 0.6 is 0 Å². The van der Waals surface area contributed by atoms with Gasteiger partial charge in [0, 0.05) is 54.7 Å². The molecule has 3 atom stereocenters. The Bertz CT molecular complexity index is 1550. The van der Waals surface area contributed by atoms with Gasteiger partial charge in [-0.25, -0.2) is 0 Å². The number of aryl methyl sites for hydroxylation is 1. The number of nitrogens with zero attached hydrogens (tertiary/aromatic N) is 4. The fourth-order valence-electron chi connectivity index (χ4n) is 7.74. The molecule has 6 heteroatoms. The van der Waals surface area contributed by atoms with Gasteiger partial charge in [-0.2, -0.15) is 0 Å². The van der Waals surface area contributed by atoms with Crippen molar-refractivity contribution in [3.05, 3.63) is 57.6 Å². The molecule has 2 aromatic rings. The summed E-state index contributed by atoms with van der Waals surface area (Å²) < 4.78 is 0. The molecule has 49 heavy (non-hydrogen) atoms. The van der Waals surface area contributed by atoms with E-state index in [2.05, 4.69) is 91.5 Å². The lowest BCUT2D eigenvalue weighted by atomic mass is 9.79. The Hall–Kier alpha value is -3.15. The zero-order chi connectivity index (χ0) is 35.6. The van der Waals surface area contributed by atoms with Crippen molar-refractivity contribution < 1.29 is 10.2 Å². The van der Waals surface area contributed by atoms with Gasteiger partial charge in [0.25, 0.3) is 0 Å². The maximum atomic E-state index is 11.6. The van der Waals surface area contributed by atoms with Crippen LogP contribution < -0.4 is 0 Å². The maximum absolute atomic E-state index is 11.6. The highest BCUT2D eigenvalue weighted by Crippen LogP contribution is 2.38. The first-order valence-electron chi connectivity index (χ1n) is 19.1. The van der Waals surface area contributed by atoms with E-state index >= 15 is 0 Å². The van der Waals surface area contributed by atoms with E-state index in [4.69, 9.17) is 15.0 Å². The van der Waals surface area contributed by atoms with E-state index in [0.717, 1.165) is 80.4 Å². The SMILES string of the molecule is CC(C)(C)c1cc(C=N[C@@H]2CCCCC2N=Cc2cc(C(C)(C)C)cc(C(C)(C)C)c2O)c(O)c(CCCN2CCCC3CCCN=C32)c1. The molecule has 0 bridgehead atoms. The van der Waals surface area contributed by atoms with Gasteiger partial charge in [0.1, 0.15) is 17.3 Å². The maximum Gasteiger partial charge on any atom is 0.128 e. The number of hydrogen-bond donors (Lipinski definition) is 2. The van der Waals surface area contributed by atoms with E-state index in [1.807, 2.05) is 12.4 Å². The van der Waals surface area contributed by atoms with E-state index < -0.39 is 0 Å². The van der Waals surface area contributed by atoms with Crippen molar-refractivity contribution in [1.82, 2.24) is 4.90 Å². The second-order valence-corrected chi connectivity index (χ2v) is 18.1. The summed E-state index contributed by atoms with van der Waals surface area (Å²) in [6, 6.07) is 8.65. The average molecular weight is 669 g/mol. The zero-order valence-corrected chi connectivity index (χ0v) is 32.1. The number of rotatable bonds is 8. The molecule has 2 heterocycles. The molecule has 3 aliphatic rings.